The maximum Gasteiger partial charge on any atom is 0.417 e. The van der Waals surface area contributed by atoms with E-state index < -0.39 is 11.7 Å². The lowest BCUT2D eigenvalue weighted by Crippen LogP contribution is -2.13. The van der Waals surface area contributed by atoms with Gasteiger partial charge in [0, 0.05) is 17.4 Å². The molecule has 2 aromatic rings. The molecule has 3 rings (SSSR count). The van der Waals surface area contributed by atoms with Crippen molar-refractivity contribution in [2.45, 2.75) is 12.7 Å². The molecule has 0 spiro atoms. The second kappa shape index (κ2) is 5.04. The SMILES string of the molecule is FC(F)(F)c1ccc(NC2=NCc3cccnc32)cc1Cl. The summed E-state index contributed by atoms with van der Waals surface area (Å²) in [4.78, 5) is 8.49. The van der Waals surface area contributed by atoms with Crippen LogP contribution >= 0.6 is 11.6 Å². The Bertz CT molecular complexity index is 726. The van der Waals surface area contributed by atoms with Crippen molar-refractivity contribution in [3.63, 3.8) is 0 Å². The van der Waals surface area contributed by atoms with E-state index in [4.69, 9.17) is 11.6 Å². The summed E-state index contributed by atoms with van der Waals surface area (Å²) in [6.07, 6.45) is -2.82. The van der Waals surface area contributed by atoms with Gasteiger partial charge in [-0.15, -0.1) is 0 Å². The fraction of sp³-hybridized carbons (Fsp3) is 0.143. The van der Waals surface area contributed by atoms with Crippen LogP contribution in [-0.2, 0) is 12.7 Å². The summed E-state index contributed by atoms with van der Waals surface area (Å²) < 4.78 is 37.9. The molecular weight excluding hydrogens is 303 g/mol. The minimum Gasteiger partial charge on any atom is -0.339 e. The van der Waals surface area contributed by atoms with Gasteiger partial charge in [-0.2, -0.15) is 13.2 Å². The molecule has 1 N–H and O–H groups in total. The molecule has 1 aliphatic heterocycles. The molecule has 0 radical (unpaired) electrons. The van der Waals surface area contributed by atoms with Gasteiger partial charge in [-0.1, -0.05) is 17.7 Å². The number of hydrogen-bond donors (Lipinski definition) is 1. The molecule has 7 heteroatoms. The molecule has 0 unspecified atom stereocenters. The second-order valence-electron chi connectivity index (χ2n) is 4.49. The van der Waals surface area contributed by atoms with Gasteiger partial charge in [0.1, 0.15) is 5.69 Å². The fourth-order valence-corrected chi connectivity index (χ4v) is 2.36. The Kier molecular flexibility index (Phi) is 3.33. The van der Waals surface area contributed by atoms with Crippen molar-refractivity contribution in [3.8, 4) is 0 Å². The van der Waals surface area contributed by atoms with Crippen molar-refractivity contribution >= 4 is 23.1 Å². The molecule has 0 amide bonds. The quantitative estimate of drug-likeness (QED) is 0.860. The zero-order chi connectivity index (χ0) is 15.0. The second-order valence-corrected chi connectivity index (χ2v) is 4.90. The van der Waals surface area contributed by atoms with Gasteiger partial charge in [0.2, 0.25) is 0 Å². The highest BCUT2D eigenvalue weighted by atomic mass is 35.5. The lowest BCUT2D eigenvalue weighted by molar-refractivity contribution is -0.137. The summed E-state index contributed by atoms with van der Waals surface area (Å²) in [6, 6.07) is 7.21. The number of benzene rings is 1. The molecule has 3 nitrogen and oxygen atoms in total. The zero-order valence-electron chi connectivity index (χ0n) is 10.6. The first-order chi connectivity index (χ1) is 9.95. The predicted molar refractivity (Wildman–Crippen MR) is 74.6 cm³/mol. The molecule has 21 heavy (non-hydrogen) atoms. The number of nitrogens with one attached hydrogen (secondary N) is 1. The topological polar surface area (TPSA) is 37.3 Å². The molecule has 0 fully saturated rings. The Balaban J connectivity index is 1.86. The van der Waals surface area contributed by atoms with Crippen LogP contribution in [0.3, 0.4) is 0 Å². The summed E-state index contributed by atoms with van der Waals surface area (Å²) in [6.45, 7) is 0.500. The number of rotatable bonds is 1. The van der Waals surface area contributed by atoms with Crippen LogP contribution in [0.25, 0.3) is 0 Å². The number of nitrogens with zero attached hydrogens (tertiary/aromatic N) is 2. The molecular formula is C14H9ClF3N3. The van der Waals surface area contributed by atoms with Crippen LogP contribution in [0.15, 0.2) is 41.5 Å². The van der Waals surface area contributed by atoms with E-state index in [1.54, 1.807) is 6.20 Å². The van der Waals surface area contributed by atoms with Gasteiger partial charge in [-0.3, -0.25) is 9.98 Å². The van der Waals surface area contributed by atoms with Crippen molar-refractivity contribution in [1.29, 1.82) is 0 Å². The first-order valence-corrected chi connectivity index (χ1v) is 6.45. The molecule has 2 heterocycles. The number of fused-ring (bicyclic) bond motifs is 1. The van der Waals surface area contributed by atoms with Crippen LogP contribution in [0.4, 0.5) is 18.9 Å². The van der Waals surface area contributed by atoms with Crippen molar-refractivity contribution in [2.75, 3.05) is 5.32 Å². The summed E-state index contributed by atoms with van der Waals surface area (Å²) in [7, 11) is 0. The van der Waals surface area contributed by atoms with Crippen molar-refractivity contribution < 1.29 is 13.2 Å². The molecule has 1 aliphatic rings. The maximum atomic E-state index is 12.6. The van der Waals surface area contributed by atoms with Crippen LogP contribution < -0.4 is 5.32 Å². The van der Waals surface area contributed by atoms with Crippen LogP contribution in [0.2, 0.25) is 5.02 Å². The average molecular weight is 312 g/mol. The van der Waals surface area contributed by atoms with Gasteiger partial charge in [-0.25, -0.2) is 0 Å². The highest BCUT2D eigenvalue weighted by molar-refractivity contribution is 6.31. The Morgan fingerprint density at radius 3 is 2.71 bits per heavy atom. The minimum absolute atomic E-state index is 0.354. The van der Waals surface area contributed by atoms with Gasteiger partial charge in [-0.05, 0) is 24.3 Å². The van der Waals surface area contributed by atoms with E-state index in [1.807, 2.05) is 12.1 Å². The molecule has 1 aromatic carbocycles. The summed E-state index contributed by atoms with van der Waals surface area (Å²) in [5.74, 6) is 0.529. The molecule has 0 bridgehead atoms. The number of aliphatic imine (C=N–C) groups is 1. The first-order valence-electron chi connectivity index (χ1n) is 6.07. The first kappa shape index (κ1) is 13.9. The Morgan fingerprint density at radius 1 is 1.19 bits per heavy atom. The van der Waals surface area contributed by atoms with Gasteiger partial charge in [0.05, 0.1) is 17.1 Å². The van der Waals surface area contributed by atoms with Gasteiger partial charge >= 0.3 is 6.18 Å². The Hall–Kier alpha value is -2.08. The molecule has 0 saturated heterocycles. The third kappa shape index (κ3) is 2.71. The third-order valence-corrected chi connectivity index (χ3v) is 3.37. The largest absolute Gasteiger partial charge is 0.417 e. The molecule has 0 aliphatic carbocycles. The normalized spacial score (nSPS) is 13.8. The number of amidine groups is 1. The lowest BCUT2D eigenvalue weighted by atomic mass is 10.2. The maximum absolute atomic E-state index is 12.6. The smallest absolute Gasteiger partial charge is 0.339 e. The lowest BCUT2D eigenvalue weighted by Gasteiger charge is -2.11. The summed E-state index contributed by atoms with van der Waals surface area (Å²) >= 11 is 5.68. The molecule has 0 saturated carbocycles. The summed E-state index contributed by atoms with van der Waals surface area (Å²) in [5, 5.41) is 2.60. The van der Waals surface area contributed by atoms with Gasteiger partial charge < -0.3 is 5.32 Å². The fourth-order valence-electron chi connectivity index (χ4n) is 2.08. The van der Waals surface area contributed by atoms with E-state index in [9.17, 15) is 13.2 Å². The highest BCUT2D eigenvalue weighted by Gasteiger charge is 2.33. The molecule has 108 valence electrons. The zero-order valence-corrected chi connectivity index (χ0v) is 11.3. The van der Waals surface area contributed by atoms with Crippen molar-refractivity contribution in [1.82, 2.24) is 4.98 Å². The number of aromatic nitrogens is 1. The van der Waals surface area contributed by atoms with Crippen LogP contribution in [-0.4, -0.2) is 10.8 Å². The average Bonchev–Trinajstić information content (AvgIpc) is 2.81. The standard InChI is InChI=1S/C14H9ClF3N3/c15-11-6-9(3-4-10(11)14(16,17)18)21-13-12-8(7-20-13)2-1-5-19-12/h1-6H,7H2,(H,20,21). The van der Waals surface area contributed by atoms with E-state index in [0.29, 0.717) is 23.8 Å². The van der Waals surface area contributed by atoms with Gasteiger partial charge in [0.15, 0.2) is 5.84 Å². The van der Waals surface area contributed by atoms with Crippen molar-refractivity contribution in [2.24, 2.45) is 4.99 Å². The number of alkyl halides is 3. The third-order valence-electron chi connectivity index (χ3n) is 3.06. The summed E-state index contributed by atoms with van der Waals surface area (Å²) in [5.41, 5.74) is 1.25. The monoisotopic (exact) mass is 311 g/mol. The molecule has 1 aromatic heterocycles. The van der Waals surface area contributed by atoms with E-state index in [1.165, 1.54) is 12.1 Å². The Labute approximate surface area is 123 Å². The van der Waals surface area contributed by atoms with Gasteiger partial charge in [0.25, 0.3) is 0 Å². The van der Waals surface area contributed by atoms with Crippen LogP contribution in [0, 0.1) is 0 Å². The number of hydrogen-bond acceptors (Lipinski definition) is 3. The van der Waals surface area contributed by atoms with Crippen molar-refractivity contribution in [3.05, 3.63) is 58.4 Å². The van der Waals surface area contributed by atoms with Crippen LogP contribution in [0.5, 0.6) is 0 Å². The van der Waals surface area contributed by atoms with E-state index in [2.05, 4.69) is 15.3 Å². The van der Waals surface area contributed by atoms with E-state index in [0.717, 1.165) is 11.6 Å². The predicted octanol–water partition coefficient (Wildman–Crippen LogP) is 4.13. The molecule has 0 atom stereocenters. The highest BCUT2D eigenvalue weighted by Crippen LogP contribution is 2.36. The number of anilines is 1. The van der Waals surface area contributed by atoms with E-state index >= 15 is 0 Å². The van der Waals surface area contributed by atoms with E-state index in [-0.39, 0.29) is 5.02 Å². The number of halogens is 4. The Morgan fingerprint density at radius 2 is 2.00 bits per heavy atom. The minimum atomic E-state index is -4.46. The van der Waals surface area contributed by atoms with Crippen LogP contribution in [0.1, 0.15) is 16.8 Å². The number of pyridine rings is 1.